The number of nitrogens with zero attached hydrogens (tertiary/aromatic N) is 2. The smallest absolute Gasteiger partial charge is 0.226 e. The van der Waals surface area contributed by atoms with Crippen molar-refractivity contribution in [3.05, 3.63) is 59.7 Å². The molecule has 2 aliphatic rings. The van der Waals surface area contributed by atoms with E-state index in [9.17, 15) is 4.79 Å². The minimum atomic E-state index is 0.178. The number of amides is 1. The molecule has 2 aromatic rings. The van der Waals surface area contributed by atoms with Crippen molar-refractivity contribution in [2.24, 2.45) is 5.92 Å². The first-order valence-corrected chi connectivity index (χ1v) is 10.9. The SMILES string of the molecule is Cc1ccc(-c2ccccc2)c(CN2CCCC(C(=O)N3CCCCC3)C2)c1. The Balaban J connectivity index is 1.48. The highest BCUT2D eigenvalue weighted by atomic mass is 16.2. The molecule has 28 heavy (non-hydrogen) atoms. The molecule has 0 spiro atoms. The number of likely N-dealkylation sites (tertiary alicyclic amines) is 2. The number of piperidine rings is 2. The van der Waals surface area contributed by atoms with E-state index in [0.29, 0.717) is 5.91 Å². The Morgan fingerprint density at radius 3 is 2.54 bits per heavy atom. The summed E-state index contributed by atoms with van der Waals surface area (Å²) in [6.45, 7) is 7.01. The van der Waals surface area contributed by atoms with E-state index in [-0.39, 0.29) is 5.92 Å². The third-order valence-corrected chi connectivity index (χ3v) is 6.26. The van der Waals surface area contributed by atoms with Crippen molar-refractivity contribution in [3.63, 3.8) is 0 Å². The zero-order chi connectivity index (χ0) is 19.3. The summed E-state index contributed by atoms with van der Waals surface area (Å²) < 4.78 is 0. The summed E-state index contributed by atoms with van der Waals surface area (Å²) in [4.78, 5) is 17.6. The highest BCUT2D eigenvalue weighted by molar-refractivity contribution is 5.79. The fourth-order valence-electron chi connectivity index (χ4n) is 4.77. The van der Waals surface area contributed by atoms with Crippen LogP contribution in [0.15, 0.2) is 48.5 Å². The Hall–Kier alpha value is -2.13. The van der Waals surface area contributed by atoms with Crippen LogP contribution in [-0.4, -0.2) is 41.9 Å². The average molecular weight is 377 g/mol. The molecule has 1 unspecified atom stereocenters. The Kier molecular flexibility index (Phi) is 6.11. The van der Waals surface area contributed by atoms with E-state index in [2.05, 4.69) is 65.3 Å². The van der Waals surface area contributed by atoms with Crippen LogP contribution >= 0.6 is 0 Å². The minimum Gasteiger partial charge on any atom is -0.342 e. The van der Waals surface area contributed by atoms with Gasteiger partial charge in [0.25, 0.3) is 0 Å². The minimum absolute atomic E-state index is 0.178. The lowest BCUT2D eigenvalue weighted by molar-refractivity contribution is -0.138. The van der Waals surface area contributed by atoms with Gasteiger partial charge < -0.3 is 4.90 Å². The van der Waals surface area contributed by atoms with Gasteiger partial charge in [0, 0.05) is 26.2 Å². The van der Waals surface area contributed by atoms with Crippen LogP contribution in [0.1, 0.15) is 43.2 Å². The Morgan fingerprint density at radius 2 is 1.75 bits per heavy atom. The summed E-state index contributed by atoms with van der Waals surface area (Å²) in [5, 5.41) is 0. The van der Waals surface area contributed by atoms with Crippen molar-refractivity contribution in [2.75, 3.05) is 26.2 Å². The maximum atomic E-state index is 13.0. The Bertz CT molecular complexity index is 795. The molecule has 2 aromatic carbocycles. The standard InChI is InChI=1S/C25H32N2O/c1-20-12-13-24(21-9-4-2-5-10-21)23(17-20)19-26-14-8-11-22(18-26)25(28)27-15-6-3-7-16-27/h2,4-5,9-10,12-13,17,22H,3,6-8,11,14-16,18-19H2,1H3. The largest absolute Gasteiger partial charge is 0.342 e. The van der Waals surface area contributed by atoms with Crippen LogP contribution in [0.5, 0.6) is 0 Å². The topological polar surface area (TPSA) is 23.6 Å². The first-order chi connectivity index (χ1) is 13.7. The highest BCUT2D eigenvalue weighted by Gasteiger charge is 2.30. The van der Waals surface area contributed by atoms with Gasteiger partial charge >= 0.3 is 0 Å². The van der Waals surface area contributed by atoms with E-state index < -0.39 is 0 Å². The summed E-state index contributed by atoms with van der Waals surface area (Å²) in [6, 6.07) is 17.4. The zero-order valence-electron chi connectivity index (χ0n) is 17.1. The normalized spacial score (nSPS) is 20.9. The molecule has 2 heterocycles. The third-order valence-electron chi connectivity index (χ3n) is 6.26. The van der Waals surface area contributed by atoms with Crippen LogP contribution in [-0.2, 0) is 11.3 Å². The van der Waals surface area contributed by atoms with E-state index in [0.717, 1.165) is 45.6 Å². The summed E-state index contributed by atoms with van der Waals surface area (Å²) in [6.07, 6.45) is 5.79. The number of benzene rings is 2. The molecular formula is C25H32N2O. The summed E-state index contributed by atoms with van der Waals surface area (Å²) in [7, 11) is 0. The molecule has 148 valence electrons. The lowest BCUT2D eigenvalue weighted by Gasteiger charge is -2.36. The molecule has 1 atom stereocenters. The van der Waals surface area contributed by atoms with Gasteiger partial charge in [-0.1, -0.05) is 54.1 Å². The monoisotopic (exact) mass is 376 g/mol. The highest BCUT2D eigenvalue weighted by Crippen LogP contribution is 2.28. The van der Waals surface area contributed by atoms with Gasteiger partial charge in [0.2, 0.25) is 5.91 Å². The molecule has 4 rings (SSSR count). The summed E-state index contributed by atoms with van der Waals surface area (Å²) >= 11 is 0. The van der Waals surface area contributed by atoms with Gasteiger partial charge in [-0.2, -0.15) is 0 Å². The predicted octanol–water partition coefficient (Wildman–Crippen LogP) is 4.89. The molecule has 3 nitrogen and oxygen atoms in total. The lowest BCUT2D eigenvalue weighted by atomic mass is 9.93. The van der Waals surface area contributed by atoms with Crippen LogP contribution in [0.2, 0.25) is 0 Å². The number of rotatable bonds is 4. The molecule has 0 N–H and O–H groups in total. The molecule has 0 bridgehead atoms. The maximum Gasteiger partial charge on any atom is 0.226 e. The van der Waals surface area contributed by atoms with E-state index in [1.54, 1.807) is 0 Å². The first kappa shape index (κ1) is 19.2. The van der Waals surface area contributed by atoms with Crippen molar-refractivity contribution >= 4 is 5.91 Å². The second-order valence-electron chi connectivity index (χ2n) is 8.49. The van der Waals surface area contributed by atoms with Gasteiger partial charge in [-0.05, 0) is 62.3 Å². The zero-order valence-corrected chi connectivity index (χ0v) is 17.1. The fraction of sp³-hybridized carbons (Fsp3) is 0.480. The van der Waals surface area contributed by atoms with Crippen LogP contribution in [0, 0.1) is 12.8 Å². The second-order valence-corrected chi connectivity index (χ2v) is 8.49. The van der Waals surface area contributed by atoms with Gasteiger partial charge in [0.05, 0.1) is 5.92 Å². The van der Waals surface area contributed by atoms with Crippen LogP contribution in [0.4, 0.5) is 0 Å². The van der Waals surface area contributed by atoms with Crippen molar-refractivity contribution < 1.29 is 4.79 Å². The maximum absolute atomic E-state index is 13.0. The van der Waals surface area contributed by atoms with Gasteiger partial charge in [-0.25, -0.2) is 0 Å². The predicted molar refractivity (Wildman–Crippen MR) is 115 cm³/mol. The molecule has 2 aliphatic heterocycles. The number of hydrogen-bond donors (Lipinski definition) is 0. The van der Waals surface area contributed by atoms with Crippen molar-refractivity contribution in [2.45, 2.75) is 45.6 Å². The number of carbonyl (C=O) groups is 1. The van der Waals surface area contributed by atoms with Crippen LogP contribution in [0.25, 0.3) is 11.1 Å². The summed E-state index contributed by atoms with van der Waals surface area (Å²) in [5.74, 6) is 0.578. The molecule has 2 fully saturated rings. The molecule has 3 heteroatoms. The van der Waals surface area contributed by atoms with Gasteiger partial charge in [-0.3, -0.25) is 9.69 Å². The van der Waals surface area contributed by atoms with Crippen molar-refractivity contribution in [1.29, 1.82) is 0 Å². The number of hydrogen-bond acceptors (Lipinski definition) is 2. The van der Waals surface area contributed by atoms with E-state index in [1.165, 1.54) is 41.5 Å². The summed E-state index contributed by atoms with van der Waals surface area (Å²) in [5.41, 5.74) is 5.26. The molecular weight excluding hydrogens is 344 g/mol. The molecule has 0 saturated carbocycles. The van der Waals surface area contributed by atoms with E-state index >= 15 is 0 Å². The molecule has 2 saturated heterocycles. The molecule has 1 amide bonds. The average Bonchev–Trinajstić information content (AvgIpc) is 2.75. The third kappa shape index (κ3) is 4.47. The van der Waals surface area contributed by atoms with Gasteiger partial charge in [0.15, 0.2) is 0 Å². The second kappa shape index (κ2) is 8.91. The van der Waals surface area contributed by atoms with E-state index in [1.807, 2.05) is 0 Å². The van der Waals surface area contributed by atoms with Gasteiger partial charge in [-0.15, -0.1) is 0 Å². The van der Waals surface area contributed by atoms with Crippen molar-refractivity contribution in [3.8, 4) is 11.1 Å². The molecule has 0 aliphatic carbocycles. The van der Waals surface area contributed by atoms with Crippen LogP contribution < -0.4 is 0 Å². The quantitative estimate of drug-likeness (QED) is 0.759. The Labute approximate surface area is 169 Å². The molecule has 0 aromatic heterocycles. The lowest BCUT2D eigenvalue weighted by Crippen LogP contribution is -2.46. The van der Waals surface area contributed by atoms with Gasteiger partial charge in [0.1, 0.15) is 0 Å². The molecule has 0 radical (unpaired) electrons. The first-order valence-electron chi connectivity index (χ1n) is 10.9. The fourth-order valence-corrected chi connectivity index (χ4v) is 4.77. The van der Waals surface area contributed by atoms with Crippen LogP contribution in [0.3, 0.4) is 0 Å². The Morgan fingerprint density at radius 1 is 0.964 bits per heavy atom. The van der Waals surface area contributed by atoms with Crippen molar-refractivity contribution in [1.82, 2.24) is 9.80 Å². The number of aryl methyl sites for hydroxylation is 1. The van der Waals surface area contributed by atoms with E-state index in [4.69, 9.17) is 0 Å². The number of carbonyl (C=O) groups excluding carboxylic acids is 1.